The molecule has 0 bridgehead atoms. The number of carbonyl (C=O) groups is 1. The standard InChI is InChI=1S/C11H13ClO4/c1-8(11(13)14)15-6-7-16-10-4-2-9(12)3-5-10/h2-5,8H,6-7H2,1H3,(H,13,14)/t8-/m0/s1. The fraction of sp³-hybridized carbons (Fsp3) is 0.364. The molecule has 0 radical (unpaired) electrons. The minimum absolute atomic E-state index is 0.232. The van der Waals surface area contributed by atoms with Gasteiger partial charge in [0.05, 0.1) is 6.61 Å². The van der Waals surface area contributed by atoms with Gasteiger partial charge in [0.2, 0.25) is 0 Å². The number of hydrogen-bond acceptors (Lipinski definition) is 3. The quantitative estimate of drug-likeness (QED) is 0.780. The first kappa shape index (κ1) is 12.8. The third kappa shape index (κ3) is 4.51. The van der Waals surface area contributed by atoms with Gasteiger partial charge in [0, 0.05) is 5.02 Å². The van der Waals surface area contributed by atoms with Crippen LogP contribution in [0, 0.1) is 0 Å². The van der Waals surface area contributed by atoms with Gasteiger partial charge in [0.25, 0.3) is 0 Å². The van der Waals surface area contributed by atoms with E-state index in [0.717, 1.165) is 0 Å². The summed E-state index contributed by atoms with van der Waals surface area (Å²) in [7, 11) is 0. The maximum Gasteiger partial charge on any atom is 0.332 e. The molecule has 1 N–H and O–H groups in total. The number of carboxylic acids is 1. The molecule has 0 aliphatic rings. The van der Waals surface area contributed by atoms with Gasteiger partial charge in [-0.25, -0.2) is 4.79 Å². The molecule has 0 aliphatic heterocycles. The zero-order valence-electron chi connectivity index (χ0n) is 8.85. The van der Waals surface area contributed by atoms with Gasteiger partial charge < -0.3 is 14.6 Å². The summed E-state index contributed by atoms with van der Waals surface area (Å²) in [4.78, 5) is 10.4. The highest BCUT2D eigenvalue weighted by atomic mass is 35.5. The largest absolute Gasteiger partial charge is 0.491 e. The Hall–Kier alpha value is -1.26. The third-order valence-electron chi connectivity index (χ3n) is 1.88. The molecule has 16 heavy (non-hydrogen) atoms. The van der Waals surface area contributed by atoms with Crippen molar-refractivity contribution in [1.29, 1.82) is 0 Å². The van der Waals surface area contributed by atoms with Crippen LogP contribution in [0.3, 0.4) is 0 Å². The Morgan fingerprint density at radius 2 is 2.00 bits per heavy atom. The Morgan fingerprint density at radius 1 is 1.38 bits per heavy atom. The normalized spacial score (nSPS) is 12.1. The first-order chi connectivity index (χ1) is 7.59. The third-order valence-corrected chi connectivity index (χ3v) is 2.13. The van der Waals surface area contributed by atoms with E-state index in [4.69, 9.17) is 26.2 Å². The lowest BCUT2D eigenvalue weighted by Gasteiger charge is -2.09. The molecule has 1 atom stereocenters. The first-order valence-electron chi connectivity index (χ1n) is 4.82. The molecule has 1 aromatic rings. The zero-order chi connectivity index (χ0) is 12.0. The van der Waals surface area contributed by atoms with Crippen molar-refractivity contribution in [2.75, 3.05) is 13.2 Å². The highest BCUT2D eigenvalue weighted by Crippen LogP contribution is 2.15. The number of rotatable bonds is 6. The maximum atomic E-state index is 10.4. The SMILES string of the molecule is C[C@H](OCCOc1ccc(Cl)cc1)C(=O)O. The molecule has 0 heterocycles. The molecule has 1 aromatic carbocycles. The zero-order valence-corrected chi connectivity index (χ0v) is 9.61. The summed E-state index contributed by atoms with van der Waals surface area (Å²) in [6.45, 7) is 2.01. The van der Waals surface area contributed by atoms with Crippen LogP contribution in [0.2, 0.25) is 5.02 Å². The van der Waals surface area contributed by atoms with Crippen molar-refractivity contribution in [2.45, 2.75) is 13.0 Å². The van der Waals surface area contributed by atoms with Gasteiger partial charge in [-0.05, 0) is 31.2 Å². The van der Waals surface area contributed by atoms with Crippen LogP contribution < -0.4 is 4.74 Å². The average molecular weight is 245 g/mol. The molecular formula is C11H13ClO4. The molecule has 88 valence electrons. The van der Waals surface area contributed by atoms with Crippen molar-refractivity contribution in [1.82, 2.24) is 0 Å². The molecule has 0 amide bonds. The molecule has 0 fully saturated rings. The molecule has 0 spiro atoms. The van der Waals surface area contributed by atoms with Gasteiger partial charge in [-0.1, -0.05) is 11.6 Å². The van der Waals surface area contributed by atoms with Gasteiger partial charge in [-0.15, -0.1) is 0 Å². The van der Waals surface area contributed by atoms with Gasteiger partial charge in [-0.3, -0.25) is 0 Å². The van der Waals surface area contributed by atoms with Crippen molar-refractivity contribution < 1.29 is 19.4 Å². The number of aliphatic carboxylic acids is 1. The van der Waals surface area contributed by atoms with Crippen molar-refractivity contribution >= 4 is 17.6 Å². The summed E-state index contributed by atoms with van der Waals surface area (Å²) >= 11 is 5.70. The Bertz CT molecular complexity index is 336. The molecular weight excluding hydrogens is 232 g/mol. The number of hydrogen-bond donors (Lipinski definition) is 1. The van der Waals surface area contributed by atoms with Gasteiger partial charge >= 0.3 is 5.97 Å². The maximum absolute atomic E-state index is 10.4. The Morgan fingerprint density at radius 3 is 2.56 bits per heavy atom. The van der Waals surface area contributed by atoms with Crippen LogP contribution in [0.4, 0.5) is 0 Å². The van der Waals surface area contributed by atoms with Crippen LogP contribution in [0.25, 0.3) is 0 Å². The van der Waals surface area contributed by atoms with Crippen LogP contribution in [0.5, 0.6) is 5.75 Å². The van der Waals surface area contributed by atoms with Crippen LogP contribution in [0.15, 0.2) is 24.3 Å². The van der Waals surface area contributed by atoms with E-state index in [0.29, 0.717) is 17.4 Å². The molecule has 0 aliphatic carbocycles. The number of benzene rings is 1. The lowest BCUT2D eigenvalue weighted by atomic mass is 10.3. The van der Waals surface area contributed by atoms with E-state index < -0.39 is 12.1 Å². The molecule has 0 saturated carbocycles. The van der Waals surface area contributed by atoms with Crippen molar-refractivity contribution in [3.63, 3.8) is 0 Å². The first-order valence-corrected chi connectivity index (χ1v) is 5.20. The molecule has 0 unspecified atom stereocenters. The summed E-state index contributed by atoms with van der Waals surface area (Å²) in [5.74, 6) is -0.303. The summed E-state index contributed by atoms with van der Waals surface area (Å²) in [6.07, 6.45) is -0.811. The second kappa shape index (κ2) is 6.35. The fourth-order valence-corrected chi connectivity index (χ4v) is 1.11. The number of ether oxygens (including phenoxy) is 2. The summed E-state index contributed by atoms with van der Waals surface area (Å²) < 4.78 is 10.3. The Labute approximate surface area is 98.7 Å². The van der Waals surface area contributed by atoms with Crippen LogP contribution in [-0.2, 0) is 9.53 Å². The van der Waals surface area contributed by atoms with Crippen LogP contribution in [-0.4, -0.2) is 30.4 Å². The summed E-state index contributed by atoms with van der Waals surface area (Å²) in [5, 5.41) is 9.19. The second-order valence-electron chi connectivity index (χ2n) is 3.15. The highest BCUT2D eigenvalue weighted by molar-refractivity contribution is 6.30. The second-order valence-corrected chi connectivity index (χ2v) is 3.59. The molecule has 0 saturated heterocycles. The fourth-order valence-electron chi connectivity index (χ4n) is 0.987. The van der Waals surface area contributed by atoms with Gasteiger partial charge in [0.15, 0.2) is 6.10 Å². The van der Waals surface area contributed by atoms with Crippen molar-refractivity contribution in [2.24, 2.45) is 0 Å². The molecule has 1 rings (SSSR count). The predicted octanol–water partition coefficient (Wildman–Crippen LogP) is 2.21. The molecule has 5 heteroatoms. The van der Waals surface area contributed by atoms with Crippen LogP contribution in [0.1, 0.15) is 6.92 Å². The summed E-state index contributed by atoms with van der Waals surface area (Å²) in [5.41, 5.74) is 0. The van der Waals surface area contributed by atoms with Crippen molar-refractivity contribution in [3.8, 4) is 5.75 Å². The summed E-state index contributed by atoms with van der Waals surface area (Å²) in [6, 6.07) is 6.92. The Balaban J connectivity index is 2.21. The molecule has 4 nitrogen and oxygen atoms in total. The lowest BCUT2D eigenvalue weighted by Crippen LogP contribution is -2.22. The highest BCUT2D eigenvalue weighted by Gasteiger charge is 2.09. The van der Waals surface area contributed by atoms with E-state index in [2.05, 4.69) is 0 Å². The van der Waals surface area contributed by atoms with Gasteiger partial charge in [-0.2, -0.15) is 0 Å². The topological polar surface area (TPSA) is 55.8 Å². The number of halogens is 1. The molecule has 0 aromatic heterocycles. The lowest BCUT2D eigenvalue weighted by molar-refractivity contribution is -0.149. The average Bonchev–Trinajstić information content (AvgIpc) is 2.26. The minimum atomic E-state index is -0.980. The van der Waals surface area contributed by atoms with E-state index in [1.165, 1.54) is 6.92 Å². The van der Waals surface area contributed by atoms with Crippen LogP contribution >= 0.6 is 11.6 Å². The van der Waals surface area contributed by atoms with E-state index in [9.17, 15) is 4.79 Å². The van der Waals surface area contributed by atoms with E-state index >= 15 is 0 Å². The minimum Gasteiger partial charge on any atom is -0.491 e. The number of carboxylic acid groups (broad SMARTS) is 1. The monoisotopic (exact) mass is 244 g/mol. The van der Waals surface area contributed by atoms with E-state index in [1.807, 2.05) is 0 Å². The van der Waals surface area contributed by atoms with E-state index in [1.54, 1.807) is 24.3 Å². The smallest absolute Gasteiger partial charge is 0.332 e. The Kier molecular flexibility index (Phi) is 5.08. The van der Waals surface area contributed by atoms with Gasteiger partial charge in [0.1, 0.15) is 12.4 Å². The van der Waals surface area contributed by atoms with E-state index in [-0.39, 0.29) is 6.61 Å². The predicted molar refractivity (Wildman–Crippen MR) is 60.0 cm³/mol. The van der Waals surface area contributed by atoms with Crippen molar-refractivity contribution in [3.05, 3.63) is 29.3 Å².